The van der Waals surface area contributed by atoms with Gasteiger partial charge in [0.15, 0.2) is 0 Å². The van der Waals surface area contributed by atoms with Crippen LogP contribution in [0.1, 0.15) is 39.5 Å². The first-order valence-corrected chi connectivity index (χ1v) is 7.33. The van der Waals surface area contributed by atoms with E-state index in [1.807, 2.05) is 0 Å². The second-order valence-electron chi connectivity index (χ2n) is 5.73. The van der Waals surface area contributed by atoms with Gasteiger partial charge in [-0.25, -0.2) is 0 Å². The molecule has 0 saturated carbocycles. The summed E-state index contributed by atoms with van der Waals surface area (Å²) in [5, 5.41) is 19.5. The molecule has 1 amide bonds. The zero-order valence-electron chi connectivity index (χ0n) is 13.3. The van der Waals surface area contributed by atoms with Crippen molar-refractivity contribution < 1.29 is 29.4 Å². The monoisotopic (exact) mass is 331 g/mol. The van der Waals surface area contributed by atoms with E-state index in [0.717, 1.165) is 0 Å². The molecule has 0 aromatic rings. The van der Waals surface area contributed by atoms with E-state index in [-0.39, 0.29) is 37.4 Å². The van der Waals surface area contributed by atoms with Gasteiger partial charge in [0.25, 0.3) is 0 Å². The molecule has 9 nitrogen and oxygen atoms in total. The van der Waals surface area contributed by atoms with Gasteiger partial charge in [0.05, 0.1) is 12.1 Å². The van der Waals surface area contributed by atoms with Crippen LogP contribution in [-0.4, -0.2) is 52.0 Å². The fourth-order valence-electron chi connectivity index (χ4n) is 1.94. The third-order valence-electron chi connectivity index (χ3n) is 3.35. The average Bonchev–Trinajstić information content (AvgIpc) is 2.43. The zero-order chi connectivity index (χ0) is 18.2. The number of Topliss-reactive ketones (excluding diaryl/α,β-unsaturated/α-hetero) is 1. The molecular weight excluding hydrogens is 306 g/mol. The summed E-state index contributed by atoms with van der Waals surface area (Å²) in [7, 11) is 0. The summed E-state index contributed by atoms with van der Waals surface area (Å²) >= 11 is 0. The number of hydrogen-bond donors (Lipinski definition) is 5. The molecule has 0 rings (SSSR count). The van der Waals surface area contributed by atoms with E-state index in [0.29, 0.717) is 0 Å². The topological polar surface area (TPSA) is 173 Å². The lowest BCUT2D eigenvalue weighted by Crippen LogP contribution is -2.47. The first-order valence-electron chi connectivity index (χ1n) is 7.33. The van der Waals surface area contributed by atoms with Gasteiger partial charge in [-0.2, -0.15) is 0 Å². The first-order chi connectivity index (χ1) is 10.5. The Morgan fingerprint density at radius 3 is 2.09 bits per heavy atom. The lowest BCUT2D eigenvalue weighted by atomic mass is 9.93. The molecule has 23 heavy (non-hydrogen) atoms. The summed E-state index contributed by atoms with van der Waals surface area (Å²) in [4.78, 5) is 44.7. The number of carbonyl (C=O) groups is 4. The number of carbonyl (C=O) groups excluding carboxylic acids is 2. The summed E-state index contributed by atoms with van der Waals surface area (Å²) < 4.78 is 0. The zero-order valence-corrected chi connectivity index (χ0v) is 13.3. The van der Waals surface area contributed by atoms with E-state index in [1.54, 1.807) is 6.92 Å². The number of rotatable bonds is 11. The number of hydrogen-bond acceptors (Lipinski definition) is 6. The third kappa shape index (κ3) is 8.89. The van der Waals surface area contributed by atoms with Crippen LogP contribution in [-0.2, 0) is 19.2 Å². The maximum absolute atomic E-state index is 11.8. The number of aliphatic carboxylic acids is 2. The molecule has 7 N–H and O–H groups in total. The largest absolute Gasteiger partial charge is 0.481 e. The van der Waals surface area contributed by atoms with Crippen molar-refractivity contribution in [1.82, 2.24) is 5.32 Å². The summed E-state index contributed by atoms with van der Waals surface area (Å²) in [6.45, 7) is 3.04. The lowest BCUT2D eigenvalue weighted by molar-refractivity contribution is -0.141. The van der Waals surface area contributed by atoms with Gasteiger partial charge in [-0.3, -0.25) is 19.2 Å². The van der Waals surface area contributed by atoms with Crippen molar-refractivity contribution in [2.75, 3.05) is 0 Å². The van der Waals surface area contributed by atoms with Gasteiger partial charge in [-0.05, 0) is 25.7 Å². The van der Waals surface area contributed by atoms with Crippen molar-refractivity contribution in [3.8, 4) is 0 Å². The van der Waals surface area contributed by atoms with E-state index in [2.05, 4.69) is 5.32 Å². The Bertz CT molecular complexity index is 454. The van der Waals surface area contributed by atoms with Gasteiger partial charge in [0.2, 0.25) is 5.91 Å². The average molecular weight is 331 g/mol. The van der Waals surface area contributed by atoms with E-state index in [4.69, 9.17) is 21.7 Å². The summed E-state index contributed by atoms with van der Waals surface area (Å²) in [6, 6.07) is -2.84. The minimum atomic E-state index is -1.17. The van der Waals surface area contributed by atoms with E-state index < -0.39 is 36.0 Å². The van der Waals surface area contributed by atoms with Crippen LogP contribution in [0.2, 0.25) is 0 Å². The number of amides is 1. The fourth-order valence-corrected chi connectivity index (χ4v) is 1.94. The summed E-state index contributed by atoms with van der Waals surface area (Å²) in [5.41, 5.74) is 11.3. The van der Waals surface area contributed by atoms with Gasteiger partial charge in [0.1, 0.15) is 11.8 Å². The molecular formula is C14H25N3O6. The van der Waals surface area contributed by atoms with Crippen LogP contribution < -0.4 is 16.8 Å². The molecule has 0 aliphatic rings. The molecule has 0 aliphatic heterocycles. The first kappa shape index (κ1) is 21.0. The Balaban J connectivity index is 4.28. The molecule has 0 heterocycles. The second kappa shape index (κ2) is 9.90. The molecule has 0 aromatic heterocycles. The number of carboxylic acids is 2. The van der Waals surface area contributed by atoms with Crippen LogP contribution in [0.4, 0.5) is 0 Å². The highest BCUT2D eigenvalue weighted by Gasteiger charge is 2.23. The van der Waals surface area contributed by atoms with Gasteiger partial charge in [-0.15, -0.1) is 0 Å². The molecule has 4 atom stereocenters. The predicted molar refractivity (Wildman–Crippen MR) is 81.5 cm³/mol. The summed E-state index contributed by atoms with van der Waals surface area (Å²) in [6.07, 6.45) is 0.144. The molecule has 132 valence electrons. The number of nitrogens with two attached hydrogens (primary N) is 2. The Kier molecular flexibility index (Phi) is 9.04. The van der Waals surface area contributed by atoms with E-state index in [9.17, 15) is 19.2 Å². The van der Waals surface area contributed by atoms with Crippen molar-refractivity contribution in [2.24, 2.45) is 17.4 Å². The number of nitrogens with one attached hydrogen (secondary N) is 1. The van der Waals surface area contributed by atoms with E-state index >= 15 is 0 Å². The van der Waals surface area contributed by atoms with Crippen molar-refractivity contribution in [3.63, 3.8) is 0 Å². The highest BCUT2D eigenvalue weighted by molar-refractivity contribution is 5.87. The molecule has 0 aromatic carbocycles. The highest BCUT2D eigenvalue weighted by atomic mass is 16.4. The van der Waals surface area contributed by atoms with Gasteiger partial charge >= 0.3 is 11.9 Å². The Morgan fingerprint density at radius 2 is 1.61 bits per heavy atom. The van der Waals surface area contributed by atoms with Gasteiger partial charge in [-0.1, -0.05) is 6.92 Å². The Labute approximate surface area is 134 Å². The minimum absolute atomic E-state index is 0.0591. The Hall–Kier alpha value is -2.00. The van der Waals surface area contributed by atoms with Gasteiger partial charge in [0, 0.05) is 12.8 Å². The maximum atomic E-state index is 11.8. The normalized spacial score (nSPS) is 16.0. The fraction of sp³-hybridized carbons (Fsp3) is 0.714. The molecule has 0 saturated heterocycles. The van der Waals surface area contributed by atoms with E-state index in [1.165, 1.54) is 6.92 Å². The van der Waals surface area contributed by atoms with Crippen LogP contribution in [0.15, 0.2) is 0 Å². The third-order valence-corrected chi connectivity index (χ3v) is 3.35. The lowest BCUT2D eigenvalue weighted by Gasteiger charge is -2.19. The van der Waals surface area contributed by atoms with Crippen LogP contribution in [0.25, 0.3) is 0 Å². The molecule has 9 heteroatoms. The highest BCUT2D eigenvalue weighted by Crippen LogP contribution is 2.13. The standard InChI is InChI=1S/C14H25N3O6/c1-7(6-11(18)9(15)3-4-12(19)20)5-10(16)13(21)17-8(2)14(22)23/h7-10H,3-6,15-16H2,1-2H3,(H,17,21)(H,19,20)(H,22,23)/t7?,8-,9-,10-/m0/s1. The molecule has 0 radical (unpaired) electrons. The maximum Gasteiger partial charge on any atom is 0.325 e. The molecule has 0 aliphatic carbocycles. The second-order valence-corrected chi connectivity index (χ2v) is 5.73. The van der Waals surface area contributed by atoms with Gasteiger partial charge < -0.3 is 27.0 Å². The summed E-state index contributed by atoms with van der Waals surface area (Å²) in [5.74, 6) is -3.32. The van der Waals surface area contributed by atoms with Crippen molar-refractivity contribution in [1.29, 1.82) is 0 Å². The quantitative estimate of drug-likeness (QED) is 0.323. The van der Waals surface area contributed by atoms with Crippen molar-refractivity contribution >= 4 is 23.6 Å². The number of ketones is 1. The molecule has 0 spiro atoms. The van der Waals surface area contributed by atoms with Crippen LogP contribution >= 0.6 is 0 Å². The van der Waals surface area contributed by atoms with Crippen molar-refractivity contribution in [2.45, 2.75) is 57.7 Å². The van der Waals surface area contributed by atoms with Crippen LogP contribution in [0.5, 0.6) is 0 Å². The SMILES string of the molecule is CC(CC(=O)[C@@H](N)CCC(=O)O)C[C@H](N)C(=O)N[C@@H](C)C(=O)O. The molecule has 0 fully saturated rings. The minimum Gasteiger partial charge on any atom is -0.481 e. The predicted octanol–water partition coefficient (Wildman–Crippen LogP) is -0.919. The van der Waals surface area contributed by atoms with Crippen LogP contribution in [0, 0.1) is 5.92 Å². The smallest absolute Gasteiger partial charge is 0.325 e. The van der Waals surface area contributed by atoms with Crippen LogP contribution in [0.3, 0.4) is 0 Å². The molecule has 1 unspecified atom stereocenters. The van der Waals surface area contributed by atoms with Crippen molar-refractivity contribution in [3.05, 3.63) is 0 Å². The Morgan fingerprint density at radius 1 is 1.04 bits per heavy atom. The molecule has 0 bridgehead atoms. The number of carboxylic acid groups (broad SMARTS) is 2.